The van der Waals surface area contributed by atoms with Crippen LogP contribution < -0.4 is 5.32 Å². The average Bonchev–Trinajstić information content (AvgIpc) is 2.60. The van der Waals surface area contributed by atoms with E-state index in [4.69, 9.17) is 6.42 Å². The highest BCUT2D eigenvalue weighted by Crippen LogP contribution is 2.20. The number of sulfonamides is 1. The quantitative estimate of drug-likeness (QED) is 0.763. The number of terminal acetylenes is 1. The van der Waals surface area contributed by atoms with Crippen molar-refractivity contribution in [2.24, 2.45) is 5.92 Å². The molecule has 136 valence electrons. The second kappa shape index (κ2) is 8.48. The fourth-order valence-electron chi connectivity index (χ4n) is 2.91. The largest absolute Gasteiger partial charge is 0.352 e. The van der Waals surface area contributed by atoms with E-state index in [0.717, 1.165) is 25.9 Å². The van der Waals surface area contributed by atoms with Crippen molar-refractivity contribution in [1.82, 2.24) is 14.5 Å². The van der Waals surface area contributed by atoms with Crippen molar-refractivity contribution in [3.05, 3.63) is 29.8 Å². The second-order valence-corrected chi connectivity index (χ2v) is 8.49. The topological polar surface area (TPSA) is 69.7 Å². The zero-order valence-corrected chi connectivity index (χ0v) is 15.6. The third-order valence-electron chi connectivity index (χ3n) is 4.46. The van der Waals surface area contributed by atoms with Crippen LogP contribution in [0.25, 0.3) is 0 Å². The lowest BCUT2D eigenvalue weighted by Gasteiger charge is -2.29. The summed E-state index contributed by atoms with van der Waals surface area (Å²) in [4.78, 5) is 14.8. The van der Waals surface area contributed by atoms with Gasteiger partial charge in [0.2, 0.25) is 15.9 Å². The van der Waals surface area contributed by atoms with Crippen LogP contribution in [0.2, 0.25) is 0 Å². The summed E-state index contributed by atoms with van der Waals surface area (Å²) in [6.07, 6.45) is 6.85. The van der Waals surface area contributed by atoms with Gasteiger partial charge in [0.05, 0.1) is 11.4 Å². The number of likely N-dealkylation sites (tertiary alicyclic amines) is 1. The van der Waals surface area contributed by atoms with Crippen LogP contribution in [-0.2, 0) is 21.4 Å². The number of piperidine rings is 1. The van der Waals surface area contributed by atoms with E-state index < -0.39 is 10.0 Å². The molecule has 0 saturated carbocycles. The molecule has 1 N–H and O–H groups in total. The number of hydrogen-bond donors (Lipinski definition) is 1. The van der Waals surface area contributed by atoms with Gasteiger partial charge in [-0.3, -0.25) is 9.69 Å². The van der Waals surface area contributed by atoms with E-state index in [2.05, 4.69) is 16.1 Å². The van der Waals surface area contributed by atoms with Crippen molar-refractivity contribution in [2.75, 3.05) is 33.7 Å². The number of carbonyl (C=O) groups is 1. The van der Waals surface area contributed by atoms with Crippen LogP contribution in [0, 0.1) is 18.3 Å². The SMILES string of the molecule is C#CCN1CCC(C(=O)NCc2ccccc2S(=O)(=O)N(C)C)CC1. The predicted molar refractivity (Wildman–Crippen MR) is 97.2 cm³/mol. The van der Waals surface area contributed by atoms with Crippen LogP contribution in [0.3, 0.4) is 0 Å². The molecule has 2 rings (SSSR count). The number of nitrogens with one attached hydrogen (secondary N) is 1. The average molecular weight is 363 g/mol. The number of carbonyl (C=O) groups excluding carboxylic acids is 1. The highest BCUT2D eigenvalue weighted by atomic mass is 32.2. The number of nitrogens with zero attached hydrogens (tertiary/aromatic N) is 2. The fourth-order valence-corrected chi connectivity index (χ4v) is 4.02. The van der Waals surface area contributed by atoms with Crippen LogP contribution in [0.15, 0.2) is 29.2 Å². The maximum Gasteiger partial charge on any atom is 0.242 e. The second-order valence-electron chi connectivity index (χ2n) is 6.37. The first kappa shape index (κ1) is 19.4. The van der Waals surface area contributed by atoms with Crippen molar-refractivity contribution < 1.29 is 13.2 Å². The Morgan fingerprint density at radius 1 is 1.32 bits per heavy atom. The third-order valence-corrected chi connectivity index (χ3v) is 6.37. The third kappa shape index (κ3) is 4.82. The highest BCUT2D eigenvalue weighted by Gasteiger charge is 2.25. The smallest absolute Gasteiger partial charge is 0.242 e. The molecule has 1 amide bonds. The molecule has 0 aliphatic carbocycles. The van der Waals surface area contributed by atoms with Gasteiger partial charge in [-0.15, -0.1) is 6.42 Å². The minimum atomic E-state index is -3.54. The summed E-state index contributed by atoms with van der Waals surface area (Å²) < 4.78 is 26.0. The molecule has 0 atom stereocenters. The normalized spacial score (nSPS) is 16.6. The van der Waals surface area contributed by atoms with E-state index in [-0.39, 0.29) is 23.3 Å². The Balaban J connectivity index is 1.99. The number of amides is 1. The molecule has 0 aromatic heterocycles. The summed E-state index contributed by atoms with van der Waals surface area (Å²) >= 11 is 0. The number of rotatable bonds is 6. The molecule has 1 fully saturated rings. The Labute approximate surface area is 150 Å². The van der Waals surface area contributed by atoms with Crippen molar-refractivity contribution in [2.45, 2.75) is 24.3 Å². The van der Waals surface area contributed by atoms with E-state index in [1.54, 1.807) is 24.3 Å². The summed E-state index contributed by atoms with van der Waals surface area (Å²) in [5.74, 6) is 2.54. The summed E-state index contributed by atoms with van der Waals surface area (Å²) in [5, 5.41) is 2.89. The fraction of sp³-hybridized carbons (Fsp3) is 0.500. The van der Waals surface area contributed by atoms with Crippen molar-refractivity contribution in [1.29, 1.82) is 0 Å². The van der Waals surface area contributed by atoms with E-state index in [1.165, 1.54) is 18.4 Å². The molecule has 1 saturated heterocycles. The first-order valence-electron chi connectivity index (χ1n) is 8.30. The molecule has 1 aromatic rings. The van der Waals surface area contributed by atoms with Crippen LogP contribution in [-0.4, -0.2) is 57.3 Å². The minimum Gasteiger partial charge on any atom is -0.352 e. The molecule has 0 spiro atoms. The molecule has 1 aliphatic heterocycles. The maximum absolute atomic E-state index is 12.4. The molecule has 1 aliphatic rings. The van der Waals surface area contributed by atoms with Gasteiger partial charge in [0.1, 0.15) is 0 Å². The van der Waals surface area contributed by atoms with Gasteiger partial charge in [0.15, 0.2) is 0 Å². The molecule has 6 nitrogen and oxygen atoms in total. The maximum atomic E-state index is 12.4. The Hall–Kier alpha value is -1.88. The minimum absolute atomic E-state index is 0.0302. The van der Waals surface area contributed by atoms with E-state index >= 15 is 0 Å². The Kier molecular flexibility index (Phi) is 6.59. The van der Waals surface area contributed by atoms with Crippen molar-refractivity contribution >= 4 is 15.9 Å². The molecule has 1 aromatic carbocycles. The molecular weight excluding hydrogens is 338 g/mol. The van der Waals surface area contributed by atoms with E-state index in [0.29, 0.717) is 12.1 Å². The van der Waals surface area contributed by atoms with Gasteiger partial charge < -0.3 is 5.32 Å². The van der Waals surface area contributed by atoms with Crippen LogP contribution in [0.5, 0.6) is 0 Å². The van der Waals surface area contributed by atoms with Gasteiger partial charge in [-0.05, 0) is 37.6 Å². The predicted octanol–water partition coefficient (Wildman–Crippen LogP) is 0.898. The van der Waals surface area contributed by atoms with Gasteiger partial charge >= 0.3 is 0 Å². The van der Waals surface area contributed by atoms with Gasteiger partial charge in [-0.2, -0.15) is 0 Å². The highest BCUT2D eigenvalue weighted by molar-refractivity contribution is 7.89. The molecule has 25 heavy (non-hydrogen) atoms. The number of hydrogen-bond acceptors (Lipinski definition) is 4. The van der Waals surface area contributed by atoms with Crippen molar-refractivity contribution in [3.8, 4) is 12.3 Å². The lowest BCUT2D eigenvalue weighted by molar-refractivity contribution is -0.126. The Bertz CT molecular complexity index is 745. The Morgan fingerprint density at radius 2 is 1.96 bits per heavy atom. The molecular formula is C18H25N3O3S. The summed E-state index contributed by atoms with van der Waals surface area (Å²) in [7, 11) is -0.548. The van der Waals surface area contributed by atoms with Crippen LogP contribution in [0.4, 0.5) is 0 Å². The van der Waals surface area contributed by atoms with Gasteiger partial charge in [0.25, 0.3) is 0 Å². The zero-order chi connectivity index (χ0) is 18.4. The lowest BCUT2D eigenvalue weighted by atomic mass is 9.96. The van der Waals surface area contributed by atoms with E-state index in [1.807, 2.05) is 0 Å². The summed E-state index contributed by atoms with van der Waals surface area (Å²) in [6, 6.07) is 6.75. The molecule has 0 radical (unpaired) electrons. The standard InChI is InChI=1S/C18H25N3O3S/c1-4-11-21-12-9-15(10-13-21)18(22)19-14-16-7-5-6-8-17(16)25(23,24)20(2)3/h1,5-8,15H,9-14H2,2-3H3,(H,19,22). The first-order chi connectivity index (χ1) is 11.9. The zero-order valence-electron chi connectivity index (χ0n) is 14.7. The van der Waals surface area contributed by atoms with Gasteiger partial charge in [-0.25, -0.2) is 12.7 Å². The van der Waals surface area contributed by atoms with Crippen LogP contribution >= 0.6 is 0 Å². The summed E-state index contributed by atoms with van der Waals surface area (Å²) in [5.41, 5.74) is 0.592. The molecule has 0 bridgehead atoms. The Morgan fingerprint density at radius 3 is 2.56 bits per heavy atom. The summed E-state index contributed by atoms with van der Waals surface area (Å²) in [6.45, 7) is 2.44. The van der Waals surface area contributed by atoms with Gasteiger partial charge in [-0.1, -0.05) is 24.1 Å². The molecule has 7 heteroatoms. The van der Waals surface area contributed by atoms with Crippen LogP contribution in [0.1, 0.15) is 18.4 Å². The van der Waals surface area contributed by atoms with Crippen molar-refractivity contribution in [3.63, 3.8) is 0 Å². The lowest BCUT2D eigenvalue weighted by Crippen LogP contribution is -2.40. The molecule has 1 heterocycles. The van der Waals surface area contributed by atoms with E-state index in [9.17, 15) is 13.2 Å². The van der Waals surface area contributed by atoms with Gasteiger partial charge in [0, 0.05) is 26.6 Å². The monoisotopic (exact) mass is 363 g/mol. The first-order valence-corrected chi connectivity index (χ1v) is 9.74. The number of benzene rings is 1. The molecule has 0 unspecified atom stereocenters.